The minimum absolute atomic E-state index is 0.0260. The van der Waals surface area contributed by atoms with Crippen LogP contribution in [0.4, 0.5) is 10.2 Å². The highest BCUT2D eigenvalue weighted by molar-refractivity contribution is 7.92. The lowest BCUT2D eigenvalue weighted by Crippen LogP contribution is -2.34. The first-order valence-electron chi connectivity index (χ1n) is 7.83. The summed E-state index contributed by atoms with van der Waals surface area (Å²) in [7, 11) is -4.17. The molecule has 1 aromatic heterocycles. The number of anilines is 1. The molecule has 0 saturated carbocycles. The number of sulfonamides is 1. The van der Waals surface area contributed by atoms with E-state index in [1.165, 1.54) is 25.4 Å². The number of hydrogen-bond donors (Lipinski definition) is 0. The molecule has 2 aromatic rings. The maximum atomic E-state index is 14.1. The van der Waals surface area contributed by atoms with Gasteiger partial charge in [0.15, 0.2) is 11.5 Å². The van der Waals surface area contributed by atoms with Crippen LogP contribution in [0.5, 0.6) is 0 Å². The maximum Gasteiger partial charge on any atom is 0.360 e. The standard InChI is InChI=1S/C16H16Cl2FN3O4S/c1-3-22(15-14(16(23)26-4-2)20-7-8-21-15)27(24,25)9-10-12(19)6-5-11(17)13(10)18/h5-8H,3-4,9H2,1-2H3. The zero-order valence-electron chi connectivity index (χ0n) is 14.4. The van der Waals surface area contributed by atoms with Crippen LogP contribution in [-0.2, 0) is 20.5 Å². The molecule has 0 atom stereocenters. The summed E-state index contributed by atoms with van der Waals surface area (Å²) in [4.78, 5) is 19.9. The van der Waals surface area contributed by atoms with Gasteiger partial charge in [-0.3, -0.25) is 4.31 Å². The van der Waals surface area contributed by atoms with Gasteiger partial charge in [-0.15, -0.1) is 0 Å². The summed E-state index contributed by atoms with van der Waals surface area (Å²) in [6, 6.07) is 2.26. The van der Waals surface area contributed by atoms with Crippen molar-refractivity contribution in [3.63, 3.8) is 0 Å². The third-order valence-electron chi connectivity index (χ3n) is 3.47. The van der Waals surface area contributed by atoms with Crippen LogP contribution >= 0.6 is 23.2 Å². The Bertz CT molecular complexity index is 957. The van der Waals surface area contributed by atoms with Crippen molar-refractivity contribution >= 4 is 45.0 Å². The predicted molar refractivity (Wildman–Crippen MR) is 100 cm³/mol. The molecule has 0 amide bonds. The van der Waals surface area contributed by atoms with Crippen molar-refractivity contribution in [3.8, 4) is 0 Å². The molecule has 0 aliphatic rings. The van der Waals surface area contributed by atoms with Crippen LogP contribution in [-0.4, -0.2) is 37.5 Å². The van der Waals surface area contributed by atoms with Crippen LogP contribution in [0.1, 0.15) is 29.9 Å². The van der Waals surface area contributed by atoms with E-state index in [2.05, 4.69) is 9.97 Å². The molecule has 27 heavy (non-hydrogen) atoms. The molecule has 1 aromatic carbocycles. The zero-order valence-corrected chi connectivity index (χ0v) is 16.8. The highest BCUT2D eigenvalue weighted by atomic mass is 35.5. The van der Waals surface area contributed by atoms with Gasteiger partial charge in [0, 0.05) is 24.5 Å². The highest BCUT2D eigenvalue weighted by Gasteiger charge is 2.30. The molecule has 0 fully saturated rings. The lowest BCUT2D eigenvalue weighted by molar-refractivity contribution is 0.0520. The fraction of sp³-hybridized carbons (Fsp3) is 0.312. The topological polar surface area (TPSA) is 89.5 Å². The summed E-state index contributed by atoms with van der Waals surface area (Å²) < 4.78 is 45.7. The van der Waals surface area contributed by atoms with Crippen LogP contribution in [0.15, 0.2) is 24.5 Å². The Labute approximate surface area is 166 Å². The Hall–Kier alpha value is -1.97. The van der Waals surface area contributed by atoms with E-state index in [-0.39, 0.29) is 40.3 Å². The SMILES string of the molecule is CCOC(=O)c1nccnc1N(CC)S(=O)(=O)Cc1c(F)ccc(Cl)c1Cl. The molecular weight excluding hydrogens is 420 g/mol. The van der Waals surface area contributed by atoms with Gasteiger partial charge >= 0.3 is 5.97 Å². The Morgan fingerprint density at radius 2 is 1.89 bits per heavy atom. The van der Waals surface area contributed by atoms with Crippen molar-refractivity contribution in [1.29, 1.82) is 0 Å². The number of nitrogens with zero attached hydrogens (tertiary/aromatic N) is 3. The van der Waals surface area contributed by atoms with Crippen molar-refractivity contribution in [2.75, 3.05) is 17.5 Å². The van der Waals surface area contributed by atoms with Crippen LogP contribution in [0.25, 0.3) is 0 Å². The molecule has 7 nitrogen and oxygen atoms in total. The summed E-state index contributed by atoms with van der Waals surface area (Å²) in [5.74, 6) is -2.61. The molecule has 1 heterocycles. The average Bonchev–Trinajstić information content (AvgIpc) is 2.63. The van der Waals surface area contributed by atoms with Gasteiger partial charge in [0.1, 0.15) is 5.82 Å². The van der Waals surface area contributed by atoms with Crippen molar-refractivity contribution in [2.45, 2.75) is 19.6 Å². The number of carbonyl (C=O) groups excluding carboxylic acids is 1. The molecule has 2 rings (SSSR count). The molecular formula is C16H16Cl2FN3O4S. The van der Waals surface area contributed by atoms with E-state index in [1.807, 2.05) is 0 Å². The maximum absolute atomic E-state index is 14.1. The van der Waals surface area contributed by atoms with Crippen LogP contribution in [0.2, 0.25) is 10.0 Å². The highest BCUT2D eigenvalue weighted by Crippen LogP contribution is 2.31. The first-order valence-corrected chi connectivity index (χ1v) is 10.2. The van der Waals surface area contributed by atoms with Crippen LogP contribution in [0.3, 0.4) is 0 Å². The van der Waals surface area contributed by atoms with Gasteiger partial charge in [-0.1, -0.05) is 23.2 Å². The number of aromatic nitrogens is 2. The summed E-state index contributed by atoms with van der Waals surface area (Å²) in [5, 5.41) is -0.168. The number of halogens is 3. The number of ether oxygens (including phenoxy) is 1. The summed E-state index contributed by atoms with van der Waals surface area (Å²) >= 11 is 11.8. The van der Waals surface area contributed by atoms with Gasteiger partial charge in [0.2, 0.25) is 10.0 Å². The van der Waals surface area contributed by atoms with Crippen molar-refractivity contribution in [2.24, 2.45) is 0 Å². The van der Waals surface area contributed by atoms with E-state index in [9.17, 15) is 17.6 Å². The van der Waals surface area contributed by atoms with Gasteiger partial charge < -0.3 is 4.74 Å². The Morgan fingerprint density at radius 1 is 1.22 bits per heavy atom. The lowest BCUT2D eigenvalue weighted by Gasteiger charge is -2.23. The fourth-order valence-corrected chi connectivity index (χ4v) is 4.37. The number of hydrogen-bond acceptors (Lipinski definition) is 6. The third-order valence-corrected chi connectivity index (χ3v) is 6.07. The molecule has 0 radical (unpaired) electrons. The summed E-state index contributed by atoms with van der Waals surface area (Å²) in [5.41, 5.74) is -0.536. The third kappa shape index (κ3) is 4.66. The molecule has 0 saturated heterocycles. The second-order valence-corrected chi connectivity index (χ2v) is 7.87. The van der Waals surface area contributed by atoms with E-state index in [0.29, 0.717) is 0 Å². The second-order valence-electron chi connectivity index (χ2n) is 5.19. The van der Waals surface area contributed by atoms with Gasteiger partial charge in [-0.25, -0.2) is 27.6 Å². The minimum atomic E-state index is -4.17. The van der Waals surface area contributed by atoms with Gasteiger partial charge in [0.05, 0.1) is 22.4 Å². The molecule has 0 aliphatic heterocycles. The van der Waals surface area contributed by atoms with E-state index in [0.717, 1.165) is 10.4 Å². The van der Waals surface area contributed by atoms with E-state index in [1.54, 1.807) is 6.92 Å². The smallest absolute Gasteiger partial charge is 0.360 e. The van der Waals surface area contributed by atoms with Crippen molar-refractivity contribution < 1.29 is 22.3 Å². The molecule has 0 spiro atoms. The average molecular weight is 436 g/mol. The molecule has 11 heteroatoms. The Kier molecular flexibility index (Phi) is 6.96. The van der Waals surface area contributed by atoms with E-state index < -0.39 is 27.6 Å². The fourth-order valence-electron chi connectivity index (χ4n) is 2.30. The van der Waals surface area contributed by atoms with Crippen LogP contribution in [0, 0.1) is 5.82 Å². The molecule has 146 valence electrons. The number of carbonyl (C=O) groups is 1. The summed E-state index contributed by atoms with van der Waals surface area (Å²) in [6.07, 6.45) is 2.48. The second kappa shape index (κ2) is 8.81. The monoisotopic (exact) mass is 435 g/mol. The number of esters is 1. The van der Waals surface area contributed by atoms with Crippen molar-refractivity contribution in [3.05, 3.63) is 51.6 Å². The predicted octanol–water partition coefficient (Wildman–Crippen LogP) is 3.46. The van der Waals surface area contributed by atoms with E-state index >= 15 is 0 Å². The molecule has 0 bridgehead atoms. The van der Waals surface area contributed by atoms with E-state index in [4.69, 9.17) is 27.9 Å². The minimum Gasteiger partial charge on any atom is -0.461 e. The largest absolute Gasteiger partial charge is 0.461 e. The number of benzene rings is 1. The molecule has 0 N–H and O–H groups in total. The Balaban J connectivity index is 2.49. The molecule has 0 unspecified atom stereocenters. The first-order chi connectivity index (χ1) is 12.7. The van der Waals surface area contributed by atoms with Gasteiger partial charge in [-0.2, -0.15) is 0 Å². The quantitative estimate of drug-likeness (QED) is 0.488. The first kappa shape index (κ1) is 21.3. The van der Waals surface area contributed by atoms with Gasteiger partial charge in [0.25, 0.3) is 0 Å². The van der Waals surface area contributed by atoms with Crippen molar-refractivity contribution in [1.82, 2.24) is 9.97 Å². The lowest BCUT2D eigenvalue weighted by atomic mass is 10.2. The Morgan fingerprint density at radius 3 is 2.52 bits per heavy atom. The number of rotatable bonds is 7. The van der Waals surface area contributed by atoms with Gasteiger partial charge in [-0.05, 0) is 26.0 Å². The zero-order chi connectivity index (χ0) is 20.2. The normalized spacial score (nSPS) is 11.3. The molecule has 0 aliphatic carbocycles. The van der Waals surface area contributed by atoms with Crippen LogP contribution < -0.4 is 4.31 Å². The summed E-state index contributed by atoms with van der Waals surface area (Å²) in [6.45, 7) is 3.15.